The molecule has 3 nitrogen and oxygen atoms in total. The van der Waals surface area contributed by atoms with E-state index >= 15 is 0 Å². The highest BCUT2D eigenvalue weighted by molar-refractivity contribution is 9.10. The molecule has 0 bridgehead atoms. The Balaban J connectivity index is 2.40. The van der Waals surface area contributed by atoms with Crippen LogP contribution in [0.25, 0.3) is 0 Å². The van der Waals surface area contributed by atoms with Crippen molar-refractivity contribution < 1.29 is 4.79 Å². The van der Waals surface area contributed by atoms with E-state index < -0.39 is 0 Å². The Morgan fingerprint density at radius 2 is 2.12 bits per heavy atom. The van der Waals surface area contributed by atoms with Crippen LogP contribution in [0.4, 0.5) is 5.69 Å². The summed E-state index contributed by atoms with van der Waals surface area (Å²) in [5.74, 6) is 0.0772. The predicted molar refractivity (Wildman–Crippen MR) is 74.1 cm³/mol. The molecule has 0 aliphatic rings. The van der Waals surface area contributed by atoms with Gasteiger partial charge in [-0.1, -0.05) is 26.2 Å². The third kappa shape index (κ3) is 5.31. The summed E-state index contributed by atoms with van der Waals surface area (Å²) >= 11 is 3.30. The number of hydrogen-bond donors (Lipinski definition) is 1. The summed E-state index contributed by atoms with van der Waals surface area (Å²) in [4.78, 5) is 15.9. The maximum atomic E-state index is 11.7. The molecule has 1 N–H and O–H groups in total. The van der Waals surface area contributed by atoms with Gasteiger partial charge < -0.3 is 5.32 Å². The molecule has 0 spiro atoms. The molecule has 1 aromatic rings. The fraction of sp³-hybridized carbons (Fsp3) is 0.538. The highest BCUT2D eigenvalue weighted by Crippen LogP contribution is 2.16. The van der Waals surface area contributed by atoms with Gasteiger partial charge in [0.2, 0.25) is 5.91 Å². The van der Waals surface area contributed by atoms with Gasteiger partial charge in [-0.3, -0.25) is 4.79 Å². The summed E-state index contributed by atoms with van der Waals surface area (Å²) in [5.41, 5.74) is 1.63. The van der Waals surface area contributed by atoms with Crippen molar-refractivity contribution in [3.05, 3.63) is 22.4 Å². The van der Waals surface area contributed by atoms with Crippen molar-refractivity contribution in [3.8, 4) is 0 Å². The van der Waals surface area contributed by atoms with E-state index in [1.54, 1.807) is 0 Å². The molecule has 1 amide bonds. The quantitative estimate of drug-likeness (QED) is 0.635. The molecule has 1 heterocycles. The van der Waals surface area contributed by atoms with E-state index in [0.717, 1.165) is 28.8 Å². The Labute approximate surface area is 111 Å². The number of carbonyl (C=O) groups is 1. The van der Waals surface area contributed by atoms with Gasteiger partial charge in [-0.15, -0.1) is 0 Å². The number of nitrogens with one attached hydrogen (secondary N) is 1. The molecule has 0 saturated carbocycles. The van der Waals surface area contributed by atoms with Crippen LogP contribution in [0.2, 0.25) is 0 Å². The fourth-order valence-electron chi connectivity index (χ4n) is 1.59. The van der Waals surface area contributed by atoms with E-state index in [-0.39, 0.29) is 5.91 Å². The molecule has 0 unspecified atom stereocenters. The minimum Gasteiger partial charge on any atom is -0.325 e. The lowest BCUT2D eigenvalue weighted by atomic mass is 10.1. The van der Waals surface area contributed by atoms with Gasteiger partial charge in [0, 0.05) is 6.42 Å². The van der Waals surface area contributed by atoms with E-state index in [1.807, 2.05) is 19.1 Å². The van der Waals surface area contributed by atoms with Crippen LogP contribution in [0.1, 0.15) is 44.7 Å². The number of aryl methyl sites for hydroxylation is 1. The summed E-state index contributed by atoms with van der Waals surface area (Å²) in [7, 11) is 0. The number of nitrogens with zero attached hydrogens (tertiary/aromatic N) is 1. The van der Waals surface area contributed by atoms with Crippen molar-refractivity contribution in [3.63, 3.8) is 0 Å². The molecule has 0 fully saturated rings. The fourth-order valence-corrected chi connectivity index (χ4v) is 1.99. The number of carbonyl (C=O) groups excluding carboxylic acids is 1. The molecule has 0 atom stereocenters. The van der Waals surface area contributed by atoms with E-state index in [9.17, 15) is 4.79 Å². The standard InChI is InChI=1S/C13H19BrN2O/c1-3-4-5-6-7-13(17)16-11-8-9-12(14)15-10(11)2/h8-9H,3-7H2,1-2H3,(H,16,17). The number of hydrogen-bond acceptors (Lipinski definition) is 2. The van der Waals surface area contributed by atoms with Gasteiger partial charge in [0.25, 0.3) is 0 Å². The largest absolute Gasteiger partial charge is 0.325 e. The Bertz CT molecular complexity index is 380. The van der Waals surface area contributed by atoms with Gasteiger partial charge in [0.1, 0.15) is 4.60 Å². The van der Waals surface area contributed by atoms with E-state index in [4.69, 9.17) is 0 Å². The predicted octanol–water partition coefficient (Wildman–Crippen LogP) is 4.06. The second-order valence-electron chi connectivity index (χ2n) is 4.13. The molecule has 0 radical (unpaired) electrons. The zero-order chi connectivity index (χ0) is 12.7. The summed E-state index contributed by atoms with van der Waals surface area (Å²) in [5, 5.41) is 2.89. The maximum absolute atomic E-state index is 11.7. The highest BCUT2D eigenvalue weighted by Gasteiger charge is 2.05. The van der Waals surface area contributed by atoms with E-state index in [0.29, 0.717) is 6.42 Å². The number of aromatic nitrogens is 1. The Hall–Kier alpha value is -0.900. The van der Waals surface area contributed by atoms with Crippen LogP contribution >= 0.6 is 15.9 Å². The molecule has 0 aliphatic carbocycles. The van der Waals surface area contributed by atoms with Crippen LogP contribution in [0, 0.1) is 6.92 Å². The summed E-state index contributed by atoms with van der Waals surface area (Å²) in [6, 6.07) is 3.70. The van der Waals surface area contributed by atoms with Crippen LogP contribution in [0.15, 0.2) is 16.7 Å². The zero-order valence-corrected chi connectivity index (χ0v) is 12.0. The first-order chi connectivity index (χ1) is 8.13. The lowest BCUT2D eigenvalue weighted by Gasteiger charge is -2.07. The normalized spacial score (nSPS) is 10.3. The minimum absolute atomic E-state index is 0.0772. The van der Waals surface area contributed by atoms with Gasteiger partial charge in [0.15, 0.2) is 0 Å². The molecule has 0 aliphatic heterocycles. The Morgan fingerprint density at radius 3 is 2.76 bits per heavy atom. The van der Waals surface area contributed by atoms with Gasteiger partial charge in [-0.25, -0.2) is 4.98 Å². The Morgan fingerprint density at radius 1 is 1.35 bits per heavy atom. The molecule has 17 heavy (non-hydrogen) atoms. The molecule has 4 heteroatoms. The lowest BCUT2D eigenvalue weighted by Crippen LogP contribution is -2.12. The number of amides is 1. The monoisotopic (exact) mass is 298 g/mol. The first-order valence-corrected chi connectivity index (χ1v) is 6.85. The minimum atomic E-state index is 0.0772. The number of rotatable bonds is 6. The van der Waals surface area contributed by atoms with Gasteiger partial charge in [-0.05, 0) is 41.4 Å². The highest BCUT2D eigenvalue weighted by atomic mass is 79.9. The van der Waals surface area contributed by atoms with Gasteiger partial charge >= 0.3 is 0 Å². The van der Waals surface area contributed by atoms with Crippen molar-refractivity contribution in [2.45, 2.75) is 46.0 Å². The van der Waals surface area contributed by atoms with Crippen LogP contribution < -0.4 is 5.32 Å². The second kappa shape index (κ2) is 7.43. The lowest BCUT2D eigenvalue weighted by molar-refractivity contribution is -0.116. The number of unbranched alkanes of at least 4 members (excludes halogenated alkanes) is 3. The first kappa shape index (κ1) is 14.2. The molecule has 0 aromatic carbocycles. The van der Waals surface area contributed by atoms with E-state index in [2.05, 4.69) is 33.2 Å². The molecule has 94 valence electrons. The smallest absolute Gasteiger partial charge is 0.224 e. The topological polar surface area (TPSA) is 42.0 Å². The second-order valence-corrected chi connectivity index (χ2v) is 4.94. The third-order valence-electron chi connectivity index (χ3n) is 2.58. The van der Waals surface area contributed by atoms with E-state index in [1.165, 1.54) is 12.8 Å². The van der Waals surface area contributed by atoms with Crippen LogP contribution in [-0.2, 0) is 4.79 Å². The maximum Gasteiger partial charge on any atom is 0.224 e. The van der Waals surface area contributed by atoms with Crippen molar-refractivity contribution in [1.29, 1.82) is 0 Å². The SMILES string of the molecule is CCCCCCC(=O)Nc1ccc(Br)nc1C. The average Bonchev–Trinajstić information content (AvgIpc) is 2.28. The number of pyridine rings is 1. The first-order valence-electron chi connectivity index (χ1n) is 6.06. The van der Waals surface area contributed by atoms with Crippen molar-refractivity contribution >= 4 is 27.5 Å². The molecular weight excluding hydrogens is 280 g/mol. The van der Waals surface area contributed by atoms with Crippen molar-refractivity contribution in [2.24, 2.45) is 0 Å². The third-order valence-corrected chi connectivity index (χ3v) is 3.02. The molecule has 0 saturated heterocycles. The molecular formula is C13H19BrN2O. The molecule has 1 aromatic heterocycles. The molecule has 1 rings (SSSR count). The summed E-state index contributed by atoms with van der Waals surface area (Å²) < 4.78 is 0.788. The number of halogens is 1. The van der Waals surface area contributed by atoms with Crippen LogP contribution in [0.3, 0.4) is 0 Å². The van der Waals surface area contributed by atoms with Crippen molar-refractivity contribution in [1.82, 2.24) is 4.98 Å². The van der Waals surface area contributed by atoms with Crippen LogP contribution in [0.5, 0.6) is 0 Å². The summed E-state index contributed by atoms with van der Waals surface area (Å²) in [6.07, 6.45) is 5.07. The average molecular weight is 299 g/mol. The number of anilines is 1. The Kier molecular flexibility index (Phi) is 6.19. The van der Waals surface area contributed by atoms with Gasteiger partial charge in [-0.2, -0.15) is 0 Å². The van der Waals surface area contributed by atoms with Gasteiger partial charge in [0.05, 0.1) is 11.4 Å². The van der Waals surface area contributed by atoms with Crippen LogP contribution in [-0.4, -0.2) is 10.9 Å². The zero-order valence-electron chi connectivity index (χ0n) is 10.4. The van der Waals surface area contributed by atoms with Crippen molar-refractivity contribution in [2.75, 3.05) is 5.32 Å². The summed E-state index contributed by atoms with van der Waals surface area (Å²) in [6.45, 7) is 4.05.